The minimum Gasteiger partial charge on any atom is -0.399 e. The Bertz CT molecular complexity index is 987. The fraction of sp³-hybridized carbons (Fsp3) is 0.273. The molecule has 7 heteroatoms. The molecule has 0 aromatic heterocycles. The second-order valence-electron chi connectivity index (χ2n) is 7.09. The Balaban J connectivity index is 1.65. The monoisotopic (exact) mass is 409 g/mol. The van der Waals surface area contributed by atoms with Crippen LogP contribution in [0, 0.1) is 25.2 Å². The van der Waals surface area contributed by atoms with E-state index in [4.69, 9.17) is 17.3 Å². The molecule has 1 amide bonds. The summed E-state index contributed by atoms with van der Waals surface area (Å²) in [6, 6.07) is 13.1. The van der Waals surface area contributed by atoms with Crippen LogP contribution in [0.25, 0.3) is 0 Å². The molecule has 3 rings (SSSR count). The van der Waals surface area contributed by atoms with Crippen molar-refractivity contribution in [1.82, 2.24) is 4.90 Å². The number of piperazine rings is 1. The first-order chi connectivity index (χ1) is 13.9. The molecule has 0 saturated carbocycles. The van der Waals surface area contributed by atoms with Gasteiger partial charge in [0.2, 0.25) is 0 Å². The molecule has 1 heterocycles. The van der Waals surface area contributed by atoms with Gasteiger partial charge in [0.15, 0.2) is 0 Å². The number of nitrogens with two attached hydrogens (primary N) is 1. The summed E-state index contributed by atoms with van der Waals surface area (Å²) in [6.07, 6.45) is 1.63. The Kier molecular flexibility index (Phi) is 6.30. The number of benzene rings is 2. The molecule has 1 fully saturated rings. The van der Waals surface area contributed by atoms with Gasteiger partial charge < -0.3 is 20.9 Å². The van der Waals surface area contributed by atoms with Crippen molar-refractivity contribution in [1.29, 1.82) is 5.26 Å². The summed E-state index contributed by atoms with van der Waals surface area (Å²) >= 11 is 6.10. The number of halogens is 1. The number of nitriles is 1. The summed E-state index contributed by atoms with van der Waals surface area (Å²) in [6.45, 7) is 7.36. The van der Waals surface area contributed by atoms with Crippen molar-refractivity contribution >= 4 is 34.6 Å². The molecule has 0 radical (unpaired) electrons. The van der Waals surface area contributed by atoms with Gasteiger partial charge in [-0.15, -0.1) is 0 Å². The first-order valence-corrected chi connectivity index (χ1v) is 9.80. The zero-order valence-electron chi connectivity index (χ0n) is 16.6. The maximum Gasteiger partial charge on any atom is 0.267 e. The number of rotatable bonds is 4. The first kappa shape index (κ1) is 20.6. The van der Waals surface area contributed by atoms with Crippen LogP contribution in [0.4, 0.5) is 17.1 Å². The highest BCUT2D eigenvalue weighted by molar-refractivity contribution is 6.34. The first-order valence-electron chi connectivity index (χ1n) is 9.42. The predicted octanol–water partition coefficient (Wildman–Crippen LogP) is 3.71. The molecule has 29 heavy (non-hydrogen) atoms. The molecule has 150 valence electrons. The van der Waals surface area contributed by atoms with Crippen molar-refractivity contribution in [2.75, 3.05) is 42.1 Å². The zero-order chi connectivity index (χ0) is 21.0. The van der Waals surface area contributed by atoms with Gasteiger partial charge in [-0.3, -0.25) is 4.79 Å². The van der Waals surface area contributed by atoms with Gasteiger partial charge in [-0.05, 0) is 49.2 Å². The van der Waals surface area contributed by atoms with E-state index in [1.54, 1.807) is 24.4 Å². The Hall–Kier alpha value is -3.17. The molecule has 0 bridgehead atoms. The number of aryl methyl sites for hydroxylation is 1. The molecule has 2 aromatic rings. The van der Waals surface area contributed by atoms with Gasteiger partial charge in [0.25, 0.3) is 5.91 Å². The molecule has 1 aliphatic heterocycles. The number of hydrogen-bond acceptors (Lipinski definition) is 5. The molecule has 6 nitrogen and oxygen atoms in total. The van der Waals surface area contributed by atoms with E-state index in [1.165, 1.54) is 16.8 Å². The summed E-state index contributed by atoms with van der Waals surface area (Å²) in [7, 11) is 0. The van der Waals surface area contributed by atoms with Gasteiger partial charge in [-0.25, -0.2) is 0 Å². The maximum absolute atomic E-state index is 12.5. The Morgan fingerprint density at radius 2 is 1.93 bits per heavy atom. The van der Waals surface area contributed by atoms with E-state index in [0.29, 0.717) is 16.4 Å². The lowest BCUT2D eigenvalue weighted by Crippen LogP contribution is -2.44. The number of amides is 1. The predicted molar refractivity (Wildman–Crippen MR) is 118 cm³/mol. The third-order valence-corrected chi connectivity index (χ3v) is 5.46. The minimum atomic E-state index is -0.490. The van der Waals surface area contributed by atoms with E-state index in [-0.39, 0.29) is 5.57 Å². The second kappa shape index (κ2) is 8.89. The van der Waals surface area contributed by atoms with Crippen LogP contribution >= 0.6 is 11.6 Å². The summed E-state index contributed by atoms with van der Waals surface area (Å²) in [5.74, 6) is -0.490. The number of nitrogens with zero attached hydrogens (tertiary/aromatic N) is 3. The van der Waals surface area contributed by atoms with Gasteiger partial charge >= 0.3 is 0 Å². The van der Waals surface area contributed by atoms with Crippen molar-refractivity contribution in [3.8, 4) is 6.07 Å². The Labute approximate surface area is 176 Å². The lowest BCUT2D eigenvalue weighted by Gasteiger charge is -2.36. The molecule has 3 N–H and O–H groups in total. The van der Waals surface area contributed by atoms with Crippen LogP contribution in [0.2, 0.25) is 5.02 Å². The Morgan fingerprint density at radius 3 is 2.59 bits per heavy atom. The van der Waals surface area contributed by atoms with E-state index < -0.39 is 5.91 Å². The van der Waals surface area contributed by atoms with E-state index in [9.17, 15) is 10.1 Å². The molecule has 0 spiro atoms. The number of hydrogen-bond donors (Lipinski definition) is 2. The normalized spacial score (nSPS) is 14.5. The van der Waals surface area contributed by atoms with Crippen LogP contribution in [-0.4, -0.2) is 37.0 Å². The van der Waals surface area contributed by atoms with Crippen molar-refractivity contribution in [3.05, 3.63) is 64.3 Å². The van der Waals surface area contributed by atoms with Gasteiger partial charge in [-0.1, -0.05) is 23.7 Å². The highest BCUT2D eigenvalue weighted by Crippen LogP contribution is 2.25. The van der Waals surface area contributed by atoms with Gasteiger partial charge in [0, 0.05) is 43.8 Å². The van der Waals surface area contributed by atoms with E-state index in [2.05, 4.69) is 42.3 Å². The second-order valence-corrected chi connectivity index (χ2v) is 7.50. The van der Waals surface area contributed by atoms with Gasteiger partial charge in [0.1, 0.15) is 11.6 Å². The summed E-state index contributed by atoms with van der Waals surface area (Å²) < 4.78 is 0. The fourth-order valence-electron chi connectivity index (χ4n) is 3.31. The number of anilines is 3. The fourth-order valence-corrected chi connectivity index (χ4v) is 3.55. The molecular weight excluding hydrogens is 386 g/mol. The summed E-state index contributed by atoms with van der Waals surface area (Å²) in [4.78, 5) is 16.8. The maximum atomic E-state index is 12.5. The van der Waals surface area contributed by atoms with Crippen LogP contribution in [0.15, 0.2) is 48.2 Å². The summed E-state index contributed by atoms with van der Waals surface area (Å²) in [5, 5.41) is 12.4. The van der Waals surface area contributed by atoms with Crippen molar-refractivity contribution in [2.24, 2.45) is 0 Å². The van der Waals surface area contributed by atoms with Crippen LogP contribution in [0.5, 0.6) is 0 Å². The Morgan fingerprint density at radius 1 is 1.21 bits per heavy atom. The van der Waals surface area contributed by atoms with Crippen LogP contribution < -0.4 is 16.0 Å². The molecule has 1 saturated heterocycles. The molecule has 0 aliphatic carbocycles. The third-order valence-electron chi connectivity index (χ3n) is 5.15. The van der Waals surface area contributed by atoms with Crippen molar-refractivity contribution < 1.29 is 4.79 Å². The molecule has 1 aliphatic rings. The lowest BCUT2D eigenvalue weighted by atomic mass is 10.1. The average Bonchev–Trinajstić information content (AvgIpc) is 2.71. The largest absolute Gasteiger partial charge is 0.399 e. The molecule has 0 unspecified atom stereocenters. The SMILES string of the molecule is Cc1cccc(N2CCN(/C=C(/C#N)C(=O)Nc3ccc(N)cc3Cl)CC2)c1C. The minimum absolute atomic E-state index is 0.0399. The van der Waals surface area contributed by atoms with Gasteiger partial charge in [0.05, 0.1) is 10.7 Å². The summed E-state index contributed by atoms with van der Waals surface area (Å²) in [5.41, 5.74) is 10.4. The van der Waals surface area contributed by atoms with Crippen molar-refractivity contribution in [3.63, 3.8) is 0 Å². The smallest absolute Gasteiger partial charge is 0.267 e. The number of nitrogens with one attached hydrogen (secondary N) is 1. The van der Waals surface area contributed by atoms with Crippen LogP contribution in [0.3, 0.4) is 0 Å². The molecule has 0 atom stereocenters. The average molecular weight is 410 g/mol. The standard InChI is InChI=1S/C22H24ClN5O/c1-15-4-3-5-21(16(15)2)28-10-8-27(9-11-28)14-17(13-24)22(29)26-20-7-6-18(25)12-19(20)23/h3-7,12,14H,8-11,25H2,1-2H3,(H,26,29)/b17-14-. The highest BCUT2D eigenvalue weighted by atomic mass is 35.5. The highest BCUT2D eigenvalue weighted by Gasteiger charge is 2.19. The zero-order valence-corrected chi connectivity index (χ0v) is 17.3. The van der Waals surface area contributed by atoms with Crippen LogP contribution in [0.1, 0.15) is 11.1 Å². The van der Waals surface area contributed by atoms with Crippen molar-refractivity contribution in [2.45, 2.75) is 13.8 Å². The molecular formula is C22H24ClN5O. The van der Waals surface area contributed by atoms with E-state index >= 15 is 0 Å². The van der Waals surface area contributed by atoms with E-state index in [0.717, 1.165) is 26.2 Å². The van der Waals surface area contributed by atoms with Gasteiger partial charge in [-0.2, -0.15) is 5.26 Å². The number of nitrogen functional groups attached to an aromatic ring is 1. The molecule has 2 aromatic carbocycles. The van der Waals surface area contributed by atoms with E-state index in [1.807, 2.05) is 11.0 Å². The lowest BCUT2D eigenvalue weighted by molar-refractivity contribution is -0.112. The van der Waals surface area contributed by atoms with Crippen LogP contribution in [-0.2, 0) is 4.79 Å². The topological polar surface area (TPSA) is 85.4 Å². The number of carbonyl (C=O) groups is 1. The third kappa shape index (κ3) is 4.82. The quantitative estimate of drug-likeness (QED) is 0.456. The number of carbonyl (C=O) groups excluding carboxylic acids is 1.